The lowest BCUT2D eigenvalue weighted by atomic mass is 10.1. The van der Waals surface area contributed by atoms with E-state index in [1.807, 2.05) is 30.8 Å². The van der Waals surface area contributed by atoms with E-state index < -0.39 is 0 Å². The number of carbonyl (C=O) groups is 1. The standard InChI is InChI=1S/C14H22N2OS/c1-10(2)18-13-7-5-12(6-8-13)16(4)14(17)11(3)9-15/h5-8,10-11H,9,15H2,1-4H3. The van der Waals surface area contributed by atoms with Crippen LogP contribution in [0.2, 0.25) is 0 Å². The number of rotatable bonds is 5. The molecule has 0 bridgehead atoms. The van der Waals surface area contributed by atoms with Gasteiger partial charge in [0.05, 0.1) is 0 Å². The Balaban J connectivity index is 2.75. The Bertz CT molecular complexity index is 389. The predicted octanol–water partition coefficient (Wildman–Crippen LogP) is 2.74. The van der Waals surface area contributed by atoms with E-state index in [2.05, 4.69) is 26.0 Å². The van der Waals surface area contributed by atoms with Crippen LogP contribution in [0.25, 0.3) is 0 Å². The SMILES string of the molecule is CC(C)Sc1ccc(N(C)C(=O)C(C)CN)cc1. The van der Waals surface area contributed by atoms with Crippen molar-refractivity contribution in [2.24, 2.45) is 11.7 Å². The Hall–Kier alpha value is -1.00. The van der Waals surface area contributed by atoms with Gasteiger partial charge in [0, 0.05) is 35.3 Å². The monoisotopic (exact) mass is 266 g/mol. The quantitative estimate of drug-likeness (QED) is 0.834. The minimum absolute atomic E-state index is 0.0572. The molecule has 0 heterocycles. The normalized spacial score (nSPS) is 12.6. The van der Waals surface area contributed by atoms with E-state index in [0.29, 0.717) is 11.8 Å². The molecule has 0 saturated carbocycles. The summed E-state index contributed by atoms with van der Waals surface area (Å²) in [6.07, 6.45) is 0. The van der Waals surface area contributed by atoms with Crippen LogP contribution in [0.15, 0.2) is 29.2 Å². The molecule has 0 spiro atoms. The van der Waals surface area contributed by atoms with Crippen LogP contribution in [0.3, 0.4) is 0 Å². The molecule has 1 aromatic rings. The Morgan fingerprint density at radius 2 is 1.83 bits per heavy atom. The maximum absolute atomic E-state index is 12.0. The van der Waals surface area contributed by atoms with Crippen molar-refractivity contribution >= 4 is 23.4 Å². The smallest absolute Gasteiger partial charge is 0.230 e. The number of nitrogens with two attached hydrogens (primary N) is 1. The first-order valence-electron chi connectivity index (χ1n) is 6.20. The average molecular weight is 266 g/mol. The minimum atomic E-state index is -0.139. The second-order valence-corrected chi connectivity index (χ2v) is 6.34. The van der Waals surface area contributed by atoms with Gasteiger partial charge in [-0.25, -0.2) is 0 Å². The van der Waals surface area contributed by atoms with Crippen LogP contribution in [0.1, 0.15) is 20.8 Å². The van der Waals surface area contributed by atoms with Gasteiger partial charge in [-0.1, -0.05) is 20.8 Å². The van der Waals surface area contributed by atoms with Gasteiger partial charge in [-0.15, -0.1) is 11.8 Å². The van der Waals surface area contributed by atoms with Crippen LogP contribution in [0.5, 0.6) is 0 Å². The van der Waals surface area contributed by atoms with Gasteiger partial charge < -0.3 is 10.6 Å². The van der Waals surface area contributed by atoms with Crippen LogP contribution in [0, 0.1) is 5.92 Å². The summed E-state index contributed by atoms with van der Waals surface area (Å²) in [5.41, 5.74) is 6.43. The molecule has 18 heavy (non-hydrogen) atoms. The van der Waals surface area contributed by atoms with E-state index in [1.54, 1.807) is 11.9 Å². The highest BCUT2D eigenvalue weighted by Crippen LogP contribution is 2.25. The summed E-state index contributed by atoms with van der Waals surface area (Å²) in [4.78, 5) is 14.9. The number of anilines is 1. The largest absolute Gasteiger partial charge is 0.330 e. The zero-order valence-corrected chi connectivity index (χ0v) is 12.3. The van der Waals surface area contributed by atoms with Crippen molar-refractivity contribution in [3.05, 3.63) is 24.3 Å². The molecule has 3 nitrogen and oxygen atoms in total. The van der Waals surface area contributed by atoms with Crippen LogP contribution in [-0.2, 0) is 4.79 Å². The summed E-state index contributed by atoms with van der Waals surface area (Å²) in [7, 11) is 1.79. The van der Waals surface area contributed by atoms with Crippen molar-refractivity contribution in [2.45, 2.75) is 30.9 Å². The summed E-state index contributed by atoms with van der Waals surface area (Å²) in [6.45, 7) is 6.56. The van der Waals surface area contributed by atoms with Gasteiger partial charge in [0.15, 0.2) is 0 Å². The molecule has 1 aromatic carbocycles. The van der Waals surface area contributed by atoms with Crippen molar-refractivity contribution < 1.29 is 4.79 Å². The highest BCUT2D eigenvalue weighted by atomic mass is 32.2. The second kappa shape index (κ2) is 6.81. The number of benzene rings is 1. The predicted molar refractivity (Wildman–Crippen MR) is 79.1 cm³/mol. The molecule has 0 aliphatic carbocycles. The minimum Gasteiger partial charge on any atom is -0.330 e. The van der Waals surface area contributed by atoms with Gasteiger partial charge >= 0.3 is 0 Å². The van der Waals surface area contributed by atoms with Crippen molar-refractivity contribution in [1.82, 2.24) is 0 Å². The average Bonchev–Trinajstić information content (AvgIpc) is 2.36. The molecule has 0 aliphatic heterocycles. The van der Waals surface area contributed by atoms with Crippen LogP contribution < -0.4 is 10.6 Å². The molecule has 1 unspecified atom stereocenters. The van der Waals surface area contributed by atoms with Gasteiger partial charge in [0.2, 0.25) is 5.91 Å². The molecule has 0 aromatic heterocycles. The topological polar surface area (TPSA) is 46.3 Å². The van der Waals surface area contributed by atoms with Gasteiger partial charge in [0.25, 0.3) is 0 Å². The van der Waals surface area contributed by atoms with Crippen molar-refractivity contribution in [2.75, 3.05) is 18.5 Å². The molecule has 0 fully saturated rings. The third-order valence-corrected chi connectivity index (χ3v) is 3.72. The molecule has 0 radical (unpaired) electrons. The molecule has 1 amide bonds. The lowest BCUT2D eigenvalue weighted by Gasteiger charge is -2.21. The van der Waals surface area contributed by atoms with Gasteiger partial charge in [0.1, 0.15) is 0 Å². The highest BCUT2D eigenvalue weighted by Gasteiger charge is 2.17. The van der Waals surface area contributed by atoms with Crippen molar-refractivity contribution in [3.63, 3.8) is 0 Å². The van der Waals surface area contributed by atoms with E-state index >= 15 is 0 Å². The molecule has 0 aliphatic rings. The highest BCUT2D eigenvalue weighted by molar-refractivity contribution is 7.99. The fraction of sp³-hybridized carbons (Fsp3) is 0.500. The molecule has 100 valence electrons. The van der Waals surface area contributed by atoms with Crippen molar-refractivity contribution in [3.8, 4) is 0 Å². The maximum atomic E-state index is 12.0. The Labute approximate surface area is 114 Å². The number of carbonyl (C=O) groups excluding carboxylic acids is 1. The van der Waals surface area contributed by atoms with Crippen LogP contribution >= 0.6 is 11.8 Å². The lowest BCUT2D eigenvalue weighted by molar-refractivity contribution is -0.121. The Morgan fingerprint density at radius 3 is 2.28 bits per heavy atom. The van der Waals surface area contributed by atoms with E-state index in [0.717, 1.165) is 5.69 Å². The lowest BCUT2D eigenvalue weighted by Crippen LogP contribution is -2.35. The van der Waals surface area contributed by atoms with Gasteiger partial charge in [-0.05, 0) is 24.3 Å². The van der Waals surface area contributed by atoms with E-state index in [-0.39, 0.29) is 11.8 Å². The summed E-state index contributed by atoms with van der Waals surface area (Å²) in [6, 6.07) is 8.06. The number of hydrogen-bond acceptors (Lipinski definition) is 3. The molecular weight excluding hydrogens is 244 g/mol. The molecule has 1 atom stereocenters. The van der Waals surface area contributed by atoms with Gasteiger partial charge in [-0.2, -0.15) is 0 Å². The number of thioether (sulfide) groups is 1. The first-order valence-corrected chi connectivity index (χ1v) is 7.08. The zero-order chi connectivity index (χ0) is 13.7. The summed E-state index contributed by atoms with van der Waals surface area (Å²) >= 11 is 1.81. The fourth-order valence-corrected chi connectivity index (χ4v) is 2.42. The first-order chi connectivity index (χ1) is 8.45. The van der Waals surface area contributed by atoms with E-state index in [1.165, 1.54) is 4.90 Å². The first kappa shape index (κ1) is 15.1. The number of hydrogen-bond donors (Lipinski definition) is 1. The third-order valence-electron chi connectivity index (χ3n) is 2.70. The number of amides is 1. The van der Waals surface area contributed by atoms with E-state index in [9.17, 15) is 4.79 Å². The number of nitrogens with zero attached hydrogens (tertiary/aromatic N) is 1. The fourth-order valence-electron chi connectivity index (χ4n) is 1.58. The van der Waals surface area contributed by atoms with E-state index in [4.69, 9.17) is 5.73 Å². The molecule has 1 rings (SSSR count). The Kier molecular flexibility index (Phi) is 5.69. The zero-order valence-electron chi connectivity index (χ0n) is 11.5. The summed E-state index contributed by atoms with van der Waals surface area (Å²) in [5.74, 6) is -0.0820. The van der Waals surface area contributed by atoms with Crippen molar-refractivity contribution in [1.29, 1.82) is 0 Å². The molecule has 4 heteroatoms. The summed E-state index contributed by atoms with van der Waals surface area (Å²) in [5, 5.41) is 0.562. The molecule has 2 N–H and O–H groups in total. The maximum Gasteiger partial charge on any atom is 0.230 e. The second-order valence-electron chi connectivity index (χ2n) is 4.69. The summed E-state index contributed by atoms with van der Waals surface area (Å²) < 4.78 is 0. The molecular formula is C14H22N2OS. The van der Waals surface area contributed by atoms with Crippen LogP contribution in [-0.4, -0.2) is 24.7 Å². The third kappa shape index (κ3) is 4.03. The molecule has 0 saturated heterocycles. The Morgan fingerprint density at radius 1 is 1.28 bits per heavy atom. The van der Waals surface area contributed by atoms with Gasteiger partial charge in [-0.3, -0.25) is 4.79 Å². The van der Waals surface area contributed by atoms with Crippen LogP contribution in [0.4, 0.5) is 5.69 Å².